The lowest BCUT2D eigenvalue weighted by atomic mass is 10.1. The summed E-state index contributed by atoms with van der Waals surface area (Å²) in [6.45, 7) is 1.22. The molecular formula is C16H25N3O3. The molecule has 0 atom stereocenters. The van der Waals surface area contributed by atoms with Crippen LogP contribution in [0.15, 0.2) is 24.3 Å². The lowest BCUT2D eigenvalue weighted by Crippen LogP contribution is -2.32. The number of methoxy groups -OCH3 is 1. The fourth-order valence-electron chi connectivity index (χ4n) is 1.85. The summed E-state index contributed by atoms with van der Waals surface area (Å²) in [4.78, 5) is 24.8. The van der Waals surface area contributed by atoms with Crippen molar-refractivity contribution in [2.45, 2.75) is 12.8 Å². The van der Waals surface area contributed by atoms with Crippen LogP contribution in [0.4, 0.5) is 5.69 Å². The molecule has 22 heavy (non-hydrogen) atoms. The molecule has 0 aliphatic rings. The van der Waals surface area contributed by atoms with Gasteiger partial charge in [0.2, 0.25) is 11.8 Å². The number of hydrogen-bond donors (Lipinski definition) is 2. The highest BCUT2D eigenvalue weighted by atomic mass is 16.5. The van der Waals surface area contributed by atoms with Crippen LogP contribution >= 0.6 is 0 Å². The maximum absolute atomic E-state index is 11.6. The van der Waals surface area contributed by atoms with Crippen LogP contribution in [0.5, 0.6) is 0 Å². The summed E-state index contributed by atoms with van der Waals surface area (Å²) >= 11 is 0. The van der Waals surface area contributed by atoms with Crippen LogP contribution in [0.1, 0.15) is 12.0 Å². The number of nitrogens with one attached hydrogen (secondary N) is 2. The molecule has 0 aliphatic heterocycles. The van der Waals surface area contributed by atoms with Crippen molar-refractivity contribution in [2.75, 3.05) is 46.2 Å². The van der Waals surface area contributed by atoms with E-state index in [9.17, 15) is 9.59 Å². The van der Waals surface area contributed by atoms with Crippen molar-refractivity contribution in [3.8, 4) is 0 Å². The summed E-state index contributed by atoms with van der Waals surface area (Å²) in [7, 11) is 5.10. The van der Waals surface area contributed by atoms with Crippen molar-refractivity contribution < 1.29 is 14.3 Å². The van der Waals surface area contributed by atoms with E-state index in [-0.39, 0.29) is 18.4 Å². The molecule has 6 heteroatoms. The average molecular weight is 307 g/mol. The Balaban J connectivity index is 2.40. The fourth-order valence-corrected chi connectivity index (χ4v) is 1.85. The summed E-state index contributed by atoms with van der Waals surface area (Å²) in [5.74, 6) is 0.0288. The van der Waals surface area contributed by atoms with Crippen molar-refractivity contribution in [1.29, 1.82) is 0 Å². The third kappa shape index (κ3) is 7.08. The number of carbonyl (C=O) groups is 2. The van der Waals surface area contributed by atoms with Gasteiger partial charge in [0.15, 0.2) is 0 Å². The third-order valence-corrected chi connectivity index (χ3v) is 3.13. The number of rotatable bonds is 9. The van der Waals surface area contributed by atoms with E-state index in [0.717, 1.165) is 11.3 Å². The highest BCUT2D eigenvalue weighted by molar-refractivity contribution is 5.80. The molecular weight excluding hydrogens is 282 g/mol. The van der Waals surface area contributed by atoms with E-state index >= 15 is 0 Å². The smallest absolute Gasteiger partial charge is 0.239 e. The number of amides is 2. The first-order valence-corrected chi connectivity index (χ1v) is 7.31. The Hall–Kier alpha value is -2.08. The molecule has 0 unspecified atom stereocenters. The van der Waals surface area contributed by atoms with Crippen LogP contribution in [-0.2, 0) is 20.7 Å². The minimum absolute atomic E-state index is 0.0785. The molecule has 0 aromatic heterocycles. The van der Waals surface area contributed by atoms with Gasteiger partial charge in [-0.15, -0.1) is 0 Å². The molecule has 0 bridgehead atoms. The van der Waals surface area contributed by atoms with Crippen molar-refractivity contribution >= 4 is 17.5 Å². The second kappa shape index (κ2) is 9.78. The van der Waals surface area contributed by atoms with Gasteiger partial charge < -0.3 is 20.3 Å². The number of carbonyl (C=O) groups excluding carboxylic acids is 2. The molecule has 1 rings (SSSR count). The van der Waals surface area contributed by atoms with Crippen LogP contribution in [0.3, 0.4) is 0 Å². The SMILES string of the molecule is COCCNC(=O)CNc1cccc(CCC(=O)N(C)C)c1. The normalized spacial score (nSPS) is 10.1. The maximum atomic E-state index is 11.6. The van der Waals surface area contributed by atoms with Gasteiger partial charge >= 0.3 is 0 Å². The summed E-state index contributed by atoms with van der Waals surface area (Å²) in [5, 5.41) is 5.82. The fraction of sp³-hybridized carbons (Fsp3) is 0.500. The zero-order valence-corrected chi connectivity index (χ0v) is 13.5. The van der Waals surface area contributed by atoms with Gasteiger partial charge in [0, 0.05) is 39.9 Å². The quantitative estimate of drug-likeness (QED) is 0.665. The molecule has 0 saturated carbocycles. The van der Waals surface area contributed by atoms with E-state index < -0.39 is 0 Å². The van der Waals surface area contributed by atoms with Gasteiger partial charge in [-0.3, -0.25) is 9.59 Å². The minimum atomic E-state index is -0.0785. The minimum Gasteiger partial charge on any atom is -0.383 e. The van der Waals surface area contributed by atoms with Crippen molar-refractivity contribution in [3.63, 3.8) is 0 Å². The Morgan fingerprint density at radius 1 is 1.27 bits per heavy atom. The van der Waals surface area contributed by atoms with E-state index in [2.05, 4.69) is 10.6 Å². The third-order valence-electron chi connectivity index (χ3n) is 3.13. The van der Waals surface area contributed by atoms with Crippen LogP contribution in [0.25, 0.3) is 0 Å². The van der Waals surface area contributed by atoms with Crippen molar-refractivity contribution in [2.24, 2.45) is 0 Å². The molecule has 0 fully saturated rings. The van der Waals surface area contributed by atoms with E-state index in [1.807, 2.05) is 24.3 Å². The van der Waals surface area contributed by atoms with Gasteiger partial charge in [-0.05, 0) is 24.1 Å². The van der Waals surface area contributed by atoms with Crippen LogP contribution in [-0.4, -0.2) is 57.6 Å². The summed E-state index contributed by atoms with van der Waals surface area (Å²) in [6, 6.07) is 7.76. The molecule has 0 radical (unpaired) electrons. The molecule has 0 heterocycles. The van der Waals surface area contributed by atoms with Gasteiger partial charge in [-0.1, -0.05) is 12.1 Å². The van der Waals surface area contributed by atoms with Gasteiger partial charge in [0.05, 0.1) is 13.2 Å². The molecule has 0 spiro atoms. The van der Waals surface area contributed by atoms with Crippen LogP contribution < -0.4 is 10.6 Å². The Morgan fingerprint density at radius 2 is 2.05 bits per heavy atom. The summed E-state index contributed by atoms with van der Waals surface area (Å²) < 4.78 is 4.87. The number of anilines is 1. The number of hydrogen-bond acceptors (Lipinski definition) is 4. The molecule has 0 saturated heterocycles. The second-order valence-electron chi connectivity index (χ2n) is 5.18. The van der Waals surface area contributed by atoms with Gasteiger partial charge in [0.1, 0.15) is 0 Å². The summed E-state index contributed by atoms with van der Waals surface area (Å²) in [6.07, 6.45) is 1.17. The highest BCUT2D eigenvalue weighted by Gasteiger charge is 2.05. The Morgan fingerprint density at radius 3 is 2.73 bits per heavy atom. The van der Waals surface area contributed by atoms with Crippen molar-refractivity contribution in [3.05, 3.63) is 29.8 Å². The Kier molecular flexibility index (Phi) is 7.99. The predicted octanol–water partition coefficient (Wildman–Crippen LogP) is 0.882. The second-order valence-corrected chi connectivity index (χ2v) is 5.18. The molecule has 2 N–H and O–H groups in total. The first kappa shape index (κ1) is 18.0. The highest BCUT2D eigenvalue weighted by Crippen LogP contribution is 2.12. The van der Waals surface area contributed by atoms with E-state index in [1.54, 1.807) is 26.1 Å². The molecule has 2 amide bonds. The van der Waals surface area contributed by atoms with Crippen LogP contribution in [0, 0.1) is 0 Å². The van der Waals surface area contributed by atoms with Gasteiger partial charge in [-0.25, -0.2) is 0 Å². The van der Waals surface area contributed by atoms with Gasteiger partial charge in [-0.2, -0.15) is 0 Å². The standard InChI is InChI=1S/C16H25N3O3/c1-19(2)16(21)8-7-13-5-4-6-14(11-13)18-12-15(20)17-9-10-22-3/h4-6,11,18H,7-10,12H2,1-3H3,(H,17,20). The Labute approximate surface area is 131 Å². The first-order chi connectivity index (χ1) is 10.5. The number of aryl methyl sites for hydroxylation is 1. The van der Waals surface area contributed by atoms with Crippen molar-refractivity contribution in [1.82, 2.24) is 10.2 Å². The molecule has 1 aromatic carbocycles. The maximum Gasteiger partial charge on any atom is 0.239 e. The molecule has 1 aromatic rings. The lowest BCUT2D eigenvalue weighted by molar-refractivity contribution is -0.128. The van der Waals surface area contributed by atoms with E-state index in [4.69, 9.17) is 4.74 Å². The molecule has 0 aliphatic carbocycles. The largest absolute Gasteiger partial charge is 0.383 e. The molecule has 6 nitrogen and oxygen atoms in total. The monoisotopic (exact) mass is 307 g/mol. The predicted molar refractivity (Wildman–Crippen MR) is 86.8 cm³/mol. The van der Waals surface area contributed by atoms with Gasteiger partial charge in [0.25, 0.3) is 0 Å². The average Bonchev–Trinajstić information content (AvgIpc) is 2.51. The number of benzene rings is 1. The zero-order valence-electron chi connectivity index (χ0n) is 13.5. The topological polar surface area (TPSA) is 70.7 Å². The number of ether oxygens (including phenoxy) is 1. The molecule has 122 valence electrons. The van der Waals surface area contributed by atoms with E-state index in [1.165, 1.54) is 0 Å². The van der Waals surface area contributed by atoms with Crippen LogP contribution in [0.2, 0.25) is 0 Å². The first-order valence-electron chi connectivity index (χ1n) is 7.31. The van der Waals surface area contributed by atoms with E-state index in [0.29, 0.717) is 26.0 Å². The zero-order chi connectivity index (χ0) is 16.4. The number of nitrogens with zero attached hydrogens (tertiary/aromatic N) is 1. The summed E-state index contributed by atoms with van der Waals surface area (Å²) in [5.41, 5.74) is 1.94. The lowest BCUT2D eigenvalue weighted by Gasteiger charge is -2.11. The Bertz CT molecular complexity index is 489.